The molecule has 0 saturated heterocycles. The lowest BCUT2D eigenvalue weighted by molar-refractivity contribution is -0.145. The van der Waals surface area contributed by atoms with Crippen molar-refractivity contribution in [2.45, 2.75) is 91.5 Å². The van der Waals surface area contributed by atoms with Crippen LogP contribution in [0.3, 0.4) is 0 Å². The van der Waals surface area contributed by atoms with E-state index >= 15 is 0 Å². The van der Waals surface area contributed by atoms with Crippen molar-refractivity contribution >= 4 is 23.9 Å². The van der Waals surface area contributed by atoms with E-state index < -0.39 is 41.6 Å². The van der Waals surface area contributed by atoms with E-state index in [9.17, 15) is 24.3 Å². The first-order valence-corrected chi connectivity index (χ1v) is 12.8. The molecule has 10 heteroatoms. The summed E-state index contributed by atoms with van der Waals surface area (Å²) in [5, 5.41) is 16.3. The normalized spacial score (nSPS) is 14.9. The molecule has 1 saturated carbocycles. The SMILES string of the molecule is CCOC(=O)CCNC(=O)C(c1cccc(C)c1O)N(C(=O)C(NC(=O)OC(C)(C)C)C(C)C)C1CC1. The van der Waals surface area contributed by atoms with Crippen molar-refractivity contribution in [2.24, 2.45) is 5.92 Å². The van der Waals surface area contributed by atoms with Crippen LogP contribution in [0.15, 0.2) is 18.2 Å². The van der Waals surface area contributed by atoms with Gasteiger partial charge in [-0.25, -0.2) is 4.79 Å². The highest BCUT2D eigenvalue weighted by Gasteiger charge is 2.45. The molecule has 0 bridgehead atoms. The van der Waals surface area contributed by atoms with Gasteiger partial charge in [-0.3, -0.25) is 14.4 Å². The minimum atomic E-state index is -1.16. The summed E-state index contributed by atoms with van der Waals surface area (Å²) in [6, 6.07) is 2.65. The number of hydrogen-bond donors (Lipinski definition) is 3. The van der Waals surface area contributed by atoms with E-state index in [4.69, 9.17) is 9.47 Å². The Morgan fingerprint density at radius 3 is 2.35 bits per heavy atom. The highest BCUT2D eigenvalue weighted by Crippen LogP contribution is 2.39. The lowest BCUT2D eigenvalue weighted by atomic mass is 9.97. The van der Waals surface area contributed by atoms with Crippen LogP contribution in [0.1, 0.15) is 78.0 Å². The molecule has 1 aliphatic carbocycles. The fourth-order valence-electron chi connectivity index (χ4n) is 3.92. The van der Waals surface area contributed by atoms with Gasteiger partial charge in [0.2, 0.25) is 11.8 Å². The van der Waals surface area contributed by atoms with E-state index in [-0.39, 0.29) is 42.8 Å². The number of phenols is 1. The Bertz CT molecular complexity index is 983. The van der Waals surface area contributed by atoms with Gasteiger partial charge in [0.05, 0.1) is 13.0 Å². The maximum atomic E-state index is 14.0. The fourth-order valence-corrected chi connectivity index (χ4v) is 3.92. The Labute approximate surface area is 219 Å². The number of phenolic OH excluding ortho intramolecular Hbond substituents is 1. The number of aromatic hydroxyl groups is 1. The van der Waals surface area contributed by atoms with Gasteiger partial charge in [-0.15, -0.1) is 0 Å². The number of aryl methyl sites for hydroxylation is 1. The molecular weight excluding hydrogens is 478 g/mol. The molecule has 0 heterocycles. The van der Waals surface area contributed by atoms with Crippen LogP contribution in [-0.4, -0.2) is 64.7 Å². The van der Waals surface area contributed by atoms with Crippen LogP contribution in [0, 0.1) is 12.8 Å². The van der Waals surface area contributed by atoms with Gasteiger partial charge in [-0.1, -0.05) is 32.0 Å². The average Bonchev–Trinajstić information content (AvgIpc) is 3.61. The number of ether oxygens (including phenoxy) is 2. The number of carbonyl (C=O) groups is 4. The summed E-state index contributed by atoms with van der Waals surface area (Å²) < 4.78 is 10.3. The lowest BCUT2D eigenvalue weighted by Crippen LogP contribution is -2.55. The number of nitrogens with zero attached hydrogens (tertiary/aromatic N) is 1. The molecule has 0 aliphatic heterocycles. The van der Waals surface area contributed by atoms with E-state index in [1.807, 2.05) is 0 Å². The summed E-state index contributed by atoms with van der Waals surface area (Å²) in [6.45, 7) is 12.4. The zero-order valence-corrected chi connectivity index (χ0v) is 22.9. The van der Waals surface area contributed by atoms with Crippen molar-refractivity contribution in [3.05, 3.63) is 29.3 Å². The molecule has 3 N–H and O–H groups in total. The number of alkyl carbamates (subject to hydrolysis) is 1. The van der Waals surface area contributed by atoms with Crippen LogP contribution in [0.4, 0.5) is 4.79 Å². The van der Waals surface area contributed by atoms with Crippen LogP contribution in [-0.2, 0) is 23.9 Å². The first-order valence-electron chi connectivity index (χ1n) is 12.8. The fraction of sp³-hybridized carbons (Fsp3) is 0.630. The number of rotatable bonds is 11. The molecular formula is C27H41N3O7. The summed E-state index contributed by atoms with van der Waals surface area (Å²) in [4.78, 5) is 53.3. The molecule has 0 spiro atoms. The Kier molecular flexibility index (Phi) is 10.3. The van der Waals surface area contributed by atoms with E-state index in [0.717, 1.165) is 0 Å². The van der Waals surface area contributed by atoms with Gasteiger partial charge in [0.15, 0.2) is 0 Å². The van der Waals surface area contributed by atoms with E-state index in [1.165, 1.54) is 4.90 Å². The largest absolute Gasteiger partial charge is 0.507 e. The summed E-state index contributed by atoms with van der Waals surface area (Å²) in [5.74, 6) is -1.83. The zero-order valence-electron chi connectivity index (χ0n) is 22.9. The van der Waals surface area contributed by atoms with Gasteiger partial charge >= 0.3 is 12.1 Å². The molecule has 10 nitrogen and oxygen atoms in total. The first kappa shape index (κ1) is 29.9. The number of hydrogen-bond acceptors (Lipinski definition) is 7. The molecule has 206 valence electrons. The van der Waals surface area contributed by atoms with Crippen molar-refractivity contribution in [2.75, 3.05) is 13.2 Å². The summed E-state index contributed by atoms with van der Waals surface area (Å²) in [7, 11) is 0. The predicted octanol–water partition coefficient (Wildman–Crippen LogP) is 3.35. The number of benzene rings is 1. The quantitative estimate of drug-likeness (QED) is 0.382. The maximum absolute atomic E-state index is 14.0. The van der Waals surface area contributed by atoms with E-state index in [1.54, 1.807) is 66.7 Å². The molecule has 2 unspecified atom stereocenters. The van der Waals surface area contributed by atoms with Gasteiger partial charge in [-0.2, -0.15) is 0 Å². The van der Waals surface area contributed by atoms with Crippen molar-refractivity contribution in [1.82, 2.24) is 15.5 Å². The summed E-state index contributed by atoms with van der Waals surface area (Å²) in [5.41, 5.74) is 0.0745. The third-order valence-corrected chi connectivity index (χ3v) is 5.82. The van der Waals surface area contributed by atoms with Crippen LogP contribution in [0.5, 0.6) is 5.75 Å². The average molecular weight is 520 g/mol. The van der Waals surface area contributed by atoms with Crippen LogP contribution >= 0.6 is 0 Å². The molecule has 1 fully saturated rings. The van der Waals surface area contributed by atoms with Gasteiger partial charge < -0.3 is 30.1 Å². The molecule has 1 aromatic rings. The Balaban J connectivity index is 2.41. The minimum absolute atomic E-state index is 0.0111. The van der Waals surface area contributed by atoms with E-state index in [0.29, 0.717) is 18.4 Å². The van der Waals surface area contributed by atoms with Crippen LogP contribution < -0.4 is 10.6 Å². The van der Waals surface area contributed by atoms with Crippen molar-refractivity contribution in [1.29, 1.82) is 0 Å². The van der Waals surface area contributed by atoms with Gasteiger partial charge in [0, 0.05) is 18.2 Å². The minimum Gasteiger partial charge on any atom is -0.507 e. The highest BCUT2D eigenvalue weighted by atomic mass is 16.6. The molecule has 0 aromatic heterocycles. The van der Waals surface area contributed by atoms with Crippen LogP contribution in [0.2, 0.25) is 0 Å². The molecule has 3 amide bonds. The van der Waals surface area contributed by atoms with Crippen molar-refractivity contribution in [3.63, 3.8) is 0 Å². The number of amides is 3. The third-order valence-electron chi connectivity index (χ3n) is 5.82. The van der Waals surface area contributed by atoms with Crippen molar-refractivity contribution < 1.29 is 33.8 Å². The number of esters is 1. The summed E-state index contributed by atoms with van der Waals surface area (Å²) >= 11 is 0. The van der Waals surface area contributed by atoms with Crippen molar-refractivity contribution in [3.8, 4) is 5.75 Å². The highest BCUT2D eigenvalue weighted by molar-refractivity contribution is 5.93. The number of para-hydroxylation sites is 1. The molecule has 2 rings (SSSR count). The lowest BCUT2D eigenvalue weighted by Gasteiger charge is -2.36. The van der Waals surface area contributed by atoms with Gasteiger partial charge in [-0.05, 0) is 58.9 Å². The summed E-state index contributed by atoms with van der Waals surface area (Å²) in [6.07, 6.45) is 0.604. The maximum Gasteiger partial charge on any atom is 0.408 e. The monoisotopic (exact) mass is 519 g/mol. The molecule has 37 heavy (non-hydrogen) atoms. The Hall–Kier alpha value is -3.30. The standard InChI is InChI=1S/C27H41N3O7/c1-8-36-20(31)14-15-28-24(33)22(19-11-9-10-17(4)23(19)32)30(18-12-13-18)25(34)21(16(2)3)29-26(35)37-27(5,6)7/h9-11,16,18,21-22,32H,8,12-15H2,1-7H3,(H,28,33)(H,29,35). The number of nitrogens with one attached hydrogen (secondary N) is 2. The Morgan fingerprint density at radius 2 is 1.81 bits per heavy atom. The van der Waals surface area contributed by atoms with Gasteiger partial charge in [0.25, 0.3) is 0 Å². The molecule has 1 aromatic carbocycles. The third kappa shape index (κ3) is 8.65. The van der Waals surface area contributed by atoms with Crippen LogP contribution in [0.25, 0.3) is 0 Å². The second-order valence-corrected chi connectivity index (χ2v) is 10.6. The second-order valence-electron chi connectivity index (χ2n) is 10.6. The topological polar surface area (TPSA) is 134 Å². The molecule has 0 radical (unpaired) electrons. The number of carbonyl (C=O) groups excluding carboxylic acids is 4. The van der Waals surface area contributed by atoms with E-state index in [2.05, 4.69) is 10.6 Å². The second kappa shape index (κ2) is 12.8. The Morgan fingerprint density at radius 1 is 1.16 bits per heavy atom. The predicted molar refractivity (Wildman–Crippen MR) is 138 cm³/mol. The van der Waals surface area contributed by atoms with Gasteiger partial charge in [0.1, 0.15) is 23.4 Å². The molecule has 2 atom stereocenters. The smallest absolute Gasteiger partial charge is 0.408 e. The zero-order chi connectivity index (χ0) is 27.9. The first-order chi connectivity index (χ1) is 17.3. The molecule has 1 aliphatic rings.